The molecule has 2 heterocycles. The van der Waals surface area contributed by atoms with Crippen molar-refractivity contribution in [3.63, 3.8) is 0 Å². The minimum atomic E-state index is -0.524. The molecule has 23 heavy (non-hydrogen) atoms. The van der Waals surface area contributed by atoms with Crippen molar-refractivity contribution in [1.29, 1.82) is 0 Å². The van der Waals surface area contributed by atoms with Crippen LogP contribution in [-0.2, 0) is 0 Å². The lowest BCUT2D eigenvalue weighted by atomic mass is 10.2. The molecule has 3 rings (SSSR count). The third-order valence-corrected chi connectivity index (χ3v) is 4.91. The molecule has 3 aromatic rings. The van der Waals surface area contributed by atoms with Crippen molar-refractivity contribution in [2.75, 3.05) is 5.32 Å². The van der Waals surface area contributed by atoms with Gasteiger partial charge in [-0.3, -0.25) is 20.2 Å². The summed E-state index contributed by atoms with van der Waals surface area (Å²) in [6, 6.07) is 9.93. The second-order valence-electron chi connectivity index (χ2n) is 4.39. The van der Waals surface area contributed by atoms with Gasteiger partial charge in [-0.2, -0.15) is 0 Å². The lowest BCUT2D eigenvalue weighted by Gasteiger charge is -1.98. The molecule has 0 fully saturated rings. The number of hydrogen-bond donors (Lipinski definition) is 1. The number of thiazole rings is 1. The van der Waals surface area contributed by atoms with Crippen LogP contribution in [0.3, 0.4) is 0 Å². The van der Waals surface area contributed by atoms with Crippen LogP contribution >= 0.6 is 34.3 Å². The number of carbonyl (C=O) groups is 1. The van der Waals surface area contributed by atoms with Gasteiger partial charge in [0.15, 0.2) is 5.13 Å². The van der Waals surface area contributed by atoms with Crippen LogP contribution < -0.4 is 5.32 Å². The Bertz CT molecular complexity index is 874. The fourth-order valence-corrected chi connectivity index (χ4v) is 3.35. The lowest BCUT2D eigenvalue weighted by molar-refractivity contribution is -0.380. The Morgan fingerprint density at radius 3 is 2.61 bits per heavy atom. The largest absolute Gasteiger partial charge is 0.324 e. The van der Waals surface area contributed by atoms with E-state index in [0.717, 1.165) is 22.6 Å². The van der Waals surface area contributed by atoms with Crippen LogP contribution in [0.4, 0.5) is 10.1 Å². The number of anilines is 1. The van der Waals surface area contributed by atoms with E-state index in [-0.39, 0.29) is 9.88 Å². The van der Waals surface area contributed by atoms with Crippen LogP contribution in [0.1, 0.15) is 9.67 Å². The summed E-state index contributed by atoms with van der Waals surface area (Å²) in [5.74, 6) is -0.417. The molecule has 0 aliphatic carbocycles. The number of thiophene rings is 1. The van der Waals surface area contributed by atoms with E-state index in [2.05, 4.69) is 10.3 Å². The molecular formula is C14H8ClN3O3S2. The standard InChI is InChI=1S/C14H8ClN3O3S2/c15-9-3-1-8(2-4-9)10-7-22-14(16-10)17-13(19)11-5-6-12(23-11)18(20)21/h1-7H,(H,16,17,19). The highest BCUT2D eigenvalue weighted by molar-refractivity contribution is 7.17. The molecule has 0 radical (unpaired) electrons. The van der Waals surface area contributed by atoms with Gasteiger partial charge >= 0.3 is 5.00 Å². The van der Waals surface area contributed by atoms with E-state index >= 15 is 0 Å². The number of nitrogens with zero attached hydrogens (tertiary/aromatic N) is 2. The topological polar surface area (TPSA) is 85.1 Å². The smallest absolute Gasteiger partial charge is 0.297 e. The van der Waals surface area contributed by atoms with Gasteiger partial charge < -0.3 is 0 Å². The maximum Gasteiger partial charge on any atom is 0.324 e. The van der Waals surface area contributed by atoms with E-state index in [1.54, 1.807) is 12.1 Å². The van der Waals surface area contributed by atoms with E-state index in [1.807, 2.05) is 17.5 Å². The first-order chi connectivity index (χ1) is 11.0. The minimum absolute atomic E-state index is 0.0730. The van der Waals surface area contributed by atoms with E-state index in [1.165, 1.54) is 23.5 Å². The van der Waals surface area contributed by atoms with Crippen LogP contribution in [0.5, 0.6) is 0 Å². The summed E-state index contributed by atoms with van der Waals surface area (Å²) in [5, 5.41) is 16.1. The van der Waals surface area contributed by atoms with E-state index in [0.29, 0.717) is 10.2 Å². The maximum atomic E-state index is 12.1. The van der Waals surface area contributed by atoms with Crippen LogP contribution in [0, 0.1) is 10.1 Å². The van der Waals surface area contributed by atoms with Gasteiger partial charge in [0, 0.05) is 22.0 Å². The molecular weight excluding hydrogens is 358 g/mol. The molecule has 9 heteroatoms. The SMILES string of the molecule is O=C(Nc1nc(-c2ccc(Cl)cc2)cs1)c1ccc([N+](=O)[O-])s1. The molecule has 1 N–H and O–H groups in total. The minimum Gasteiger partial charge on any atom is -0.297 e. The third-order valence-electron chi connectivity index (χ3n) is 2.86. The van der Waals surface area contributed by atoms with E-state index < -0.39 is 10.8 Å². The average Bonchev–Trinajstić information content (AvgIpc) is 3.17. The van der Waals surface area contributed by atoms with Gasteiger partial charge in [0.05, 0.1) is 15.5 Å². The van der Waals surface area contributed by atoms with Crippen molar-refractivity contribution >= 4 is 50.3 Å². The molecule has 116 valence electrons. The number of nitro groups is 1. The Morgan fingerprint density at radius 1 is 1.22 bits per heavy atom. The molecule has 0 bridgehead atoms. The molecule has 0 aliphatic rings. The highest BCUT2D eigenvalue weighted by atomic mass is 35.5. The van der Waals surface area contributed by atoms with Crippen molar-refractivity contribution in [2.24, 2.45) is 0 Å². The Hall–Kier alpha value is -2.29. The highest BCUT2D eigenvalue weighted by Crippen LogP contribution is 2.28. The molecule has 6 nitrogen and oxygen atoms in total. The number of amides is 1. The van der Waals surface area contributed by atoms with Crippen LogP contribution in [0.15, 0.2) is 41.8 Å². The third kappa shape index (κ3) is 3.55. The van der Waals surface area contributed by atoms with Crippen molar-refractivity contribution in [3.8, 4) is 11.3 Å². The van der Waals surface area contributed by atoms with Gasteiger partial charge in [0.25, 0.3) is 5.91 Å². The first-order valence-corrected chi connectivity index (χ1v) is 8.37. The number of halogens is 1. The summed E-state index contributed by atoms with van der Waals surface area (Å²) in [6.45, 7) is 0. The number of carbonyl (C=O) groups excluding carboxylic acids is 1. The number of nitrogens with one attached hydrogen (secondary N) is 1. The normalized spacial score (nSPS) is 10.5. The predicted octanol–water partition coefficient (Wildman–Crippen LogP) is 4.69. The predicted molar refractivity (Wildman–Crippen MR) is 91.5 cm³/mol. The molecule has 1 aromatic carbocycles. The van der Waals surface area contributed by atoms with Crippen molar-refractivity contribution < 1.29 is 9.72 Å². The van der Waals surface area contributed by atoms with Crippen LogP contribution in [0.25, 0.3) is 11.3 Å². The van der Waals surface area contributed by atoms with Gasteiger partial charge in [-0.25, -0.2) is 4.98 Å². The van der Waals surface area contributed by atoms with Gasteiger partial charge in [-0.15, -0.1) is 11.3 Å². The van der Waals surface area contributed by atoms with Crippen molar-refractivity contribution in [2.45, 2.75) is 0 Å². The number of rotatable bonds is 4. The quantitative estimate of drug-likeness (QED) is 0.537. The van der Waals surface area contributed by atoms with Gasteiger partial charge in [0.1, 0.15) is 0 Å². The van der Waals surface area contributed by atoms with Gasteiger partial charge in [0.2, 0.25) is 0 Å². The zero-order chi connectivity index (χ0) is 16.4. The summed E-state index contributed by atoms with van der Waals surface area (Å²) in [5.41, 5.74) is 1.61. The molecule has 0 aliphatic heterocycles. The number of hydrogen-bond acceptors (Lipinski definition) is 6. The first kappa shape index (κ1) is 15.6. The van der Waals surface area contributed by atoms with Crippen LogP contribution in [-0.4, -0.2) is 15.8 Å². The molecule has 0 spiro atoms. The van der Waals surface area contributed by atoms with Gasteiger partial charge in [-0.05, 0) is 18.2 Å². The summed E-state index contributed by atoms with van der Waals surface area (Å²) in [7, 11) is 0. The van der Waals surface area contributed by atoms with E-state index in [4.69, 9.17) is 11.6 Å². The fourth-order valence-electron chi connectivity index (χ4n) is 1.79. The lowest BCUT2D eigenvalue weighted by Crippen LogP contribution is -2.09. The van der Waals surface area contributed by atoms with Crippen molar-refractivity contribution in [3.05, 3.63) is 61.8 Å². The number of aromatic nitrogens is 1. The average molecular weight is 366 g/mol. The zero-order valence-corrected chi connectivity index (χ0v) is 13.7. The summed E-state index contributed by atoms with van der Waals surface area (Å²) < 4.78 is 0. The van der Waals surface area contributed by atoms with Crippen molar-refractivity contribution in [1.82, 2.24) is 4.98 Å². The monoisotopic (exact) mass is 365 g/mol. The molecule has 0 saturated carbocycles. The van der Waals surface area contributed by atoms with Crippen LogP contribution in [0.2, 0.25) is 5.02 Å². The second kappa shape index (κ2) is 6.45. The summed E-state index contributed by atoms with van der Waals surface area (Å²) in [4.78, 5) is 26.8. The highest BCUT2D eigenvalue weighted by Gasteiger charge is 2.16. The molecule has 1 amide bonds. The second-order valence-corrected chi connectivity index (χ2v) is 6.75. The molecule has 2 aromatic heterocycles. The summed E-state index contributed by atoms with van der Waals surface area (Å²) in [6.07, 6.45) is 0. The maximum absolute atomic E-state index is 12.1. The zero-order valence-electron chi connectivity index (χ0n) is 11.4. The van der Waals surface area contributed by atoms with E-state index in [9.17, 15) is 14.9 Å². The Balaban J connectivity index is 1.74. The summed E-state index contributed by atoms with van der Waals surface area (Å²) >= 11 is 7.95. The Morgan fingerprint density at radius 2 is 1.96 bits per heavy atom. The number of benzene rings is 1. The molecule has 0 atom stereocenters. The Kier molecular flexibility index (Phi) is 4.37. The Labute approximate surface area is 143 Å². The first-order valence-electron chi connectivity index (χ1n) is 6.30. The fraction of sp³-hybridized carbons (Fsp3) is 0. The molecule has 0 unspecified atom stereocenters. The molecule has 0 saturated heterocycles. The van der Waals surface area contributed by atoms with Gasteiger partial charge in [-0.1, -0.05) is 35.1 Å².